The van der Waals surface area contributed by atoms with Crippen molar-refractivity contribution in [2.45, 2.75) is 2.14 Å². The van der Waals surface area contributed by atoms with Gasteiger partial charge in [0.2, 0.25) is 0 Å². The van der Waals surface area contributed by atoms with Gasteiger partial charge in [-0.3, -0.25) is 5.11 Å². The first kappa shape index (κ1) is 11.4. The Bertz CT molecular complexity index is 503. The van der Waals surface area contributed by atoms with Crippen molar-refractivity contribution in [1.82, 2.24) is 0 Å². The van der Waals surface area contributed by atoms with E-state index < -0.39 is 2.14 Å². The zero-order valence-corrected chi connectivity index (χ0v) is 12.3. The SMILES string of the molecule is [O]c1cc(C(Br)(Br)Br)cc2ccccc12. The van der Waals surface area contributed by atoms with Crippen LogP contribution >= 0.6 is 47.8 Å². The molecule has 2 rings (SSSR count). The van der Waals surface area contributed by atoms with Gasteiger partial charge in [-0.2, -0.15) is 0 Å². The summed E-state index contributed by atoms with van der Waals surface area (Å²) in [4.78, 5) is 0. The molecule has 4 heteroatoms. The van der Waals surface area contributed by atoms with Crippen molar-refractivity contribution in [3.63, 3.8) is 0 Å². The second-order valence-corrected chi connectivity index (χ2v) is 9.95. The molecule has 0 saturated carbocycles. The summed E-state index contributed by atoms with van der Waals surface area (Å²) in [5, 5.41) is 13.5. The van der Waals surface area contributed by atoms with Crippen LogP contribution in [0.2, 0.25) is 0 Å². The molecule has 0 aliphatic carbocycles. The first-order valence-electron chi connectivity index (χ1n) is 4.25. The summed E-state index contributed by atoms with van der Waals surface area (Å²) in [6.45, 7) is 0. The first-order valence-corrected chi connectivity index (χ1v) is 6.63. The van der Waals surface area contributed by atoms with E-state index in [1.54, 1.807) is 6.07 Å². The Labute approximate surface area is 113 Å². The third-order valence-corrected chi connectivity index (χ3v) is 3.52. The van der Waals surface area contributed by atoms with Crippen LogP contribution in [-0.4, -0.2) is 0 Å². The van der Waals surface area contributed by atoms with E-state index in [4.69, 9.17) is 0 Å². The fraction of sp³-hybridized carbons (Fsp3) is 0.0909. The lowest BCUT2D eigenvalue weighted by atomic mass is 10.1. The van der Waals surface area contributed by atoms with E-state index in [0.29, 0.717) is 0 Å². The Kier molecular flexibility index (Phi) is 3.10. The van der Waals surface area contributed by atoms with Gasteiger partial charge in [0.25, 0.3) is 0 Å². The number of alkyl halides is 3. The van der Waals surface area contributed by atoms with Gasteiger partial charge in [-0.15, -0.1) is 0 Å². The predicted octanol–water partition coefficient (Wildman–Crippen LogP) is 5.28. The fourth-order valence-corrected chi connectivity index (χ4v) is 2.13. The lowest BCUT2D eigenvalue weighted by molar-refractivity contribution is 0.360. The van der Waals surface area contributed by atoms with Gasteiger partial charge in [0, 0.05) is 5.39 Å². The highest BCUT2D eigenvalue weighted by Crippen LogP contribution is 2.46. The number of hydrogen-bond donors (Lipinski definition) is 0. The summed E-state index contributed by atoms with van der Waals surface area (Å²) in [6.07, 6.45) is 0. The van der Waals surface area contributed by atoms with Gasteiger partial charge in [0.15, 0.2) is 7.89 Å². The Balaban J connectivity index is 2.73. The van der Waals surface area contributed by atoms with Crippen LogP contribution in [-0.2, 0) is 7.25 Å². The molecule has 15 heavy (non-hydrogen) atoms. The van der Waals surface area contributed by atoms with Gasteiger partial charge in [0.1, 0.15) is 0 Å². The van der Waals surface area contributed by atoms with Gasteiger partial charge in [0.05, 0.1) is 0 Å². The van der Waals surface area contributed by atoms with E-state index in [0.717, 1.165) is 16.3 Å². The lowest BCUT2D eigenvalue weighted by Gasteiger charge is -2.13. The molecule has 0 amide bonds. The minimum Gasteiger partial charge on any atom is -0.289 e. The van der Waals surface area contributed by atoms with Crippen molar-refractivity contribution >= 4 is 58.6 Å². The van der Waals surface area contributed by atoms with E-state index >= 15 is 0 Å². The lowest BCUT2D eigenvalue weighted by Crippen LogP contribution is -1.96. The highest BCUT2D eigenvalue weighted by atomic mass is 80.0. The van der Waals surface area contributed by atoms with Gasteiger partial charge in [-0.1, -0.05) is 72.1 Å². The van der Waals surface area contributed by atoms with Crippen LogP contribution in [0.25, 0.3) is 10.8 Å². The van der Waals surface area contributed by atoms with Crippen LogP contribution in [0.15, 0.2) is 36.4 Å². The van der Waals surface area contributed by atoms with Gasteiger partial charge < -0.3 is 0 Å². The van der Waals surface area contributed by atoms with Crippen LogP contribution in [0, 0.1) is 0 Å². The van der Waals surface area contributed by atoms with Crippen LogP contribution in [0.5, 0.6) is 5.75 Å². The summed E-state index contributed by atoms with van der Waals surface area (Å²) in [5.41, 5.74) is 0.853. The number of hydrogen-bond acceptors (Lipinski definition) is 0. The molecule has 77 valence electrons. The van der Waals surface area contributed by atoms with Crippen molar-refractivity contribution in [2.75, 3.05) is 0 Å². The second-order valence-electron chi connectivity index (χ2n) is 3.19. The summed E-state index contributed by atoms with van der Waals surface area (Å²) in [6, 6.07) is 11.1. The molecule has 2 aromatic carbocycles. The quantitative estimate of drug-likeness (QED) is 0.543. The number of benzene rings is 2. The highest BCUT2D eigenvalue weighted by Gasteiger charge is 2.22. The van der Waals surface area contributed by atoms with Crippen molar-refractivity contribution < 1.29 is 5.11 Å². The van der Waals surface area contributed by atoms with Crippen LogP contribution < -0.4 is 0 Å². The number of halogens is 3. The molecule has 0 heterocycles. The predicted molar refractivity (Wildman–Crippen MR) is 72.5 cm³/mol. The molecule has 0 aliphatic rings. The van der Waals surface area contributed by atoms with Crippen molar-refractivity contribution in [2.24, 2.45) is 0 Å². The molecule has 0 atom stereocenters. The Morgan fingerprint density at radius 3 is 2.33 bits per heavy atom. The molecule has 0 aromatic heterocycles. The Morgan fingerprint density at radius 1 is 1.00 bits per heavy atom. The van der Waals surface area contributed by atoms with Gasteiger partial charge >= 0.3 is 0 Å². The normalized spacial score (nSPS) is 11.9. The van der Waals surface area contributed by atoms with Crippen molar-refractivity contribution in [3.05, 3.63) is 42.0 Å². The Hall–Kier alpha value is -0.0600. The zero-order chi connectivity index (χ0) is 11.1. The average molecular weight is 394 g/mol. The summed E-state index contributed by atoms with van der Waals surface area (Å²) in [7, 11) is 0. The van der Waals surface area contributed by atoms with Gasteiger partial charge in [-0.25, -0.2) is 0 Å². The topological polar surface area (TPSA) is 19.9 Å². The molecule has 2 aromatic rings. The van der Waals surface area contributed by atoms with E-state index in [1.165, 1.54) is 0 Å². The van der Waals surface area contributed by atoms with E-state index in [1.807, 2.05) is 30.3 Å². The standard InChI is InChI=1S/C11H6Br3O/c12-11(13,14)8-5-7-3-1-2-4-9(7)10(15)6-8/h1-6H. The zero-order valence-electron chi connectivity index (χ0n) is 7.51. The van der Waals surface area contributed by atoms with Crippen molar-refractivity contribution in [1.29, 1.82) is 0 Å². The third-order valence-electron chi connectivity index (χ3n) is 2.15. The smallest absolute Gasteiger partial charge is 0.186 e. The van der Waals surface area contributed by atoms with Crippen molar-refractivity contribution in [3.8, 4) is 5.75 Å². The van der Waals surface area contributed by atoms with Gasteiger partial charge in [-0.05, 0) is 23.1 Å². The average Bonchev–Trinajstić information content (AvgIpc) is 2.16. The molecule has 0 N–H and O–H groups in total. The summed E-state index contributed by atoms with van der Waals surface area (Å²) < 4.78 is -0.532. The molecule has 1 radical (unpaired) electrons. The van der Waals surface area contributed by atoms with Crippen LogP contribution in [0.3, 0.4) is 0 Å². The fourth-order valence-electron chi connectivity index (χ4n) is 1.44. The maximum atomic E-state index is 11.8. The first-order chi connectivity index (χ1) is 6.98. The summed E-state index contributed by atoms with van der Waals surface area (Å²) >= 11 is 10.2. The maximum absolute atomic E-state index is 11.8. The molecule has 0 aliphatic heterocycles. The van der Waals surface area contributed by atoms with Crippen LogP contribution in [0.1, 0.15) is 5.56 Å². The molecule has 0 saturated heterocycles. The molecule has 0 fully saturated rings. The molecular formula is C11H6Br3O. The highest BCUT2D eigenvalue weighted by molar-refractivity contribution is 9.38. The molecule has 0 spiro atoms. The third kappa shape index (κ3) is 2.37. The minimum absolute atomic E-state index is 0.0332. The van der Waals surface area contributed by atoms with Crippen LogP contribution in [0.4, 0.5) is 0 Å². The molecule has 0 bridgehead atoms. The molecule has 0 unspecified atom stereocenters. The number of fused-ring (bicyclic) bond motifs is 1. The maximum Gasteiger partial charge on any atom is 0.186 e. The minimum atomic E-state index is -0.532. The van der Waals surface area contributed by atoms with E-state index in [-0.39, 0.29) is 5.75 Å². The molecule has 1 nitrogen and oxygen atoms in total. The molecular weight excluding hydrogens is 388 g/mol. The summed E-state index contributed by atoms with van der Waals surface area (Å²) in [5.74, 6) is 0.0332. The Morgan fingerprint density at radius 2 is 1.67 bits per heavy atom. The van der Waals surface area contributed by atoms with E-state index in [9.17, 15) is 5.11 Å². The second kappa shape index (κ2) is 4.07. The largest absolute Gasteiger partial charge is 0.289 e. The van der Waals surface area contributed by atoms with E-state index in [2.05, 4.69) is 47.8 Å². The number of rotatable bonds is 0. The monoisotopic (exact) mass is 391 g/mol.